The van der Waals surface area contributed by atoms with Gasteiger partial charge in [-0.1, -0.05) is 90.6 Å². The predicted octanol–water partition coefficient (Wildman–Crippen LogP) is 5.97. The topological polar surface area (TPSA) is 66.4 Å². The average Bonchev–Trinajstić information content (AvgIpc) is 2.95. The van der Waals surface area contributed by atoms with Crippen molar-refractivity contribution < 1.29 is 28.8 Å². The van der Waals surface area contributed by atoms with E-state index in [-0.39, 0.29) is 29.9 Å². The average molecular weight is 551 g/mol. The van der Waals surface area contributed by atoms with Gasteiger partial charge in [0.2, 0.25) is 0 Å². The zero-order valence-electron chi connectivity index (χ0n) is 22.5. The number of aliphatic hydroxyl groups is 1. The SMILES string of the molecule is C[C@H]1O[C@H](O[C@@H]2[C@@H](C)O[C@H](Sc3ccccc3)C[C@H]2OCc2ccccc2)C[C@H](O)[C@H]1OCc1ccccc1. The molecule has 7 heteroatoms. The standard InChI is InChI=1S/C32H38O6S/c1-22-31(35-21-25-14-8-4-9-15-25)27(33)18-29(36-22)38-32-23(2)37-30(39-26-16-10-5-11-17-26)19-28(32)34-20-24-12-6-3-7-13-24/h3-17,22-23,27-33H,18-21H2,1-2H3/t22-,23-,27+,28-,29-,30-,31+,32-/m1/s1. The maximum Gasteiger partial charge on any atom is 0.161 e. The van der Waals surface area contributed by atoms with Gasteiger partial charge in [0.25, 0.3) is 0 Å². The van der Waals surface area contributed by atoms with Crippen molar-refractivity contribution in [1.29, 1.82) is 0 Å². The number of ether oxygens (including phenoxy) is 5. The van der Waals surface area contributed by atoms with Crippen molar-refractivity contribution in [1.82, 2.24) is 0 Å². The highest BCUT2D eigenvalue weighted by Gasteiger charge is 2.43. The van der Waals surface area contributed by atoms with Crippen LogP contribution in [0.4, 0.5) is 0 Å². The van der Waals surface area contributed by atoms with E-state index < -0.39 is 18.5 Å². The Labute approximate surface area is 235 Å². The summed E-state index contributed by atoms with van der Waals surface area (Å²) in [6.45, 7) is 4.85. The van der Waals surface area contributed by atoms with E-state index in [4.69, 9.17) is 23.7 Å². The molecular weight excluding hydrogens is 512 g/mol. The number of aliphatic hydroxyl groups excluding tert-OH is 1. The minimum atomic E-state index is -0.702. The quantitative estimate of drug-likeness (QED) is 0.334. The van der Waals surface area contributed by atoms with Gasteiger partial charge in [0.15, 0.2) is 6.29 Å². The lowest BCUT2D eigenvalue weighted by Gasteiger charge is -2.44. The molecule has 1 N–H and O–H groups in total. The number of rotatable bonds is 10. The molecule has 2 aliphatic rings. The second-order valence-corrected chi connectivity index (χ2v) is 11.4. The fourth-order valence-electron chi connectivity index (χ4n) is 5.16. The Morgan fingerprint density at radius 3 is 1.90 bits per heavy atom. The van der Waals surface area contributed by atoms with Crippen molar-refractivity contribution in [2.75, 3.05) is 0 Å². The second kappa shape index (κ2) is 13.9. The van der Waals surface area contributed by atoms with Crippen LogP contribution in [0.5, 0.6) is 0 Å². The van der Waals surface area contributed by atoms with Gasteiger partial charge in [-0.2, -0.15) is 0 Å². The molecule has 0 amide bonds. The first kappa shape index (κ1) is 28.3. The molecule has 39 heavy (non-hydrogen) atoms. The van der Waals surface area contributed by atoms with Gasteiger partial charge in [-0.25, -0.2) is 0 Å². The first-order valence-corrected chi connectivity index (χ1v) is 14.6. The Bertz CT molecular complexity index is 1110. The molecule has 2 fully saturated rings. The normalized spacial score (nSPS) is 31.2. The van der Waals surface area contributed by atoms with Crippen LogP contribution < -0.4 is 0 Å². The van der Waals surface area contributed by atoms with Gasteiger partial charge in [-0.15, -0.1) is 0 Å². The van der Waals surface area contributed by atoms with Crippen molar-refractivity contribution in [3.8, 4) is 0 Å². The van der Waals surface area contributed by atoms with Crippen LogP contribution in [0.25, 0.3) is 0 Å². The molecular formula is C32H38O6S. The molecule has 5 rings (SSSR count). The molecule has 0 spiro atoms. The first-order chi connectivity index (χ1) is 19.0. The van der Waals surface area contributed by atoms with E-state index in [9.17, 15) is 5.11 Å². The second-order valence-electron chi connectivity index (χ2n) is 10.2. The molecule has 0 aliphatic carbocycles. The maximum atomic E-state index is 11.0. The third-order valence-electron chi connectivity index (χ3n) is 7.17. The molecule has 0 bridgehead atoms. The van der Waals surface area contributed by atoms with E-state index in [2.05, 4.69) is 24.3 Å². The monoisotopic (exact) mass is 550 g/mol. The minimum Gasteiger partial charge on any atom is -0.390 e. The van der Waals surface area contributed by atoms with E-state index in [1.807, 2.05) is 80.6 Å². The van der Waals surface area contributed by atoms with E-state index in [0.717, 1.165) is 16.0 Å². The van der Waals surface area contributed by atoms with Crippen LogP contribution in [0, 0.1) is 0 Å². The zero-order chi connectivity index (χ0) is 27.0. The Morgan fingerprint density at radius 2 is 1.28 bits per heavy atom. The lowest BCUT2D eigenvalue weighted by molar-refractivity contribution is -0.298. The van der Waals surface area contributed by atoms with Crippen molar-refractivity contribution in [3.05, 3.63) is 102 Å². The third kappa shape index (κ3) is 7.92. The van der Waals surface area contributed by atoms with E-state index in [1.165, 1.54) is 0 Å². The molecule has 2 heterocycles. The molecule has 2 aliphatic heterocycles. The van der Waals surface area contributed by atoms with Crippen LogP contribution in [0.1, 0.15) is 37.8 Å². The molecule has 2 saturated heterocycles. The molecule has 3 aromatic rings. The van der Waals surface area contributed by atoms with Gasteiger partial charge in [0.1, 0.15) is 17.6 Å². The molecule has 0 aromatic heterocycles. The van der Waals surface area contributed by atoms with Gasteiger partial charge < -0.3 is 28.8 Å². The van der Waals surface area contributed by atoms with Gasteiger partial charge in [-0.05, 0) is 37.1 Å². The number of thioether (sulfide) groups is 1. The lowest BCUT2D eigenvalue weighted by Crippen LogP contribution is -2.54. The van der Waals surface area contributed by atoms with E-state index in [0.29, 0.717) is 26.1 Å². The number of hydrogen-bond donors (Lipinski definition) is 1. The molecule has 3 aromatic carbocycles. The first-order valence-electron chi connectivity index (χ1n) is 13.7. The maximum absolute atomic E-state index is 11.0. The van der Waals surface area contributed by atoms with Gasteiger partial charge in [0.05, 0.1) is 37.6 Å². The van der Waals surface area contributed by atoms with Crippen LogP contribution in [0.15, 0.2) is 95.9 Å². The lowest BCUT2D eigenvalue weighted by atomic mass is 10.0. The van der Waals surface area contributed by atoms with Crippen LogP contribution in [0.3, 0.4) is 0 Å². The van der Waals surface area contributed by atoms with Crippen LogP contribution in [-0.2, 0) is 36.9 Å². The summed E-state index contributed by atoms with van der Waals surface area (Å²) in [7, 11) is 0. The van der Waals surface area contributed by atoms with E-state index >= 15 is 0 Å². The van der Waals surface area contributed by atoms with Crippen molar-refractivity contribution >= 4 is 11.8 Å². The minimum absolute atomic E-state index is 0.0596. The largest absolute Gasteiger partial charge is 0.390 e. The highest BCUT2D eigenvalue weighted by atomic mass is 32.2. The van der Waals surface area contributed by atoms with Crippen LogP contribution in [0.2, 0.25) is 0 Å². The summed E-state index contributed by atoms with van der Waals surface area (Å²) >= 11 is 1.70. The van der Waals surface area contributed by atoms with Crippen LogP contribution in [-0.4, -0.2) is 53.5 Å². The molecule has 0 unspecified atom stereocenters. The summed E-state index contributed by atoms with van der Waals surface area (Å²) in [5.74, 6) is 0. The predicted molar refractivity (Wildman–Crippen MR) is 151 cm³/mol. The number of hydrogen-bond acceptors (Lipinski definition) is 7. The van der Waals surface area contributed by atoms with Crippen molar-refractivity contribution in [2.24, 2.45) is 0 Å². The smallest absolute Gasteiger partial charge is 0.161 e. The summed E-state index contributed by atoms with van der Waals surface area (Å²) in [5.41, 5.74) is 2.11. The Kier molecular flexibility index (Phi) is 10.1. The van der Waals surface area contributed by atoms with Gasteiger partial charge in [-0.3, -0.25) is 0 Å². The van der Waals surface area contributed by atoms with Crippen molar-refractivity contribution in [3.63, 3.8) is 0 Å². The van der Waals surface area contributed by atoms with Gasteiger partial charge >= 0.3 is 0 Å². The van der Waals surface area contributed by atoms with E-state index in [1.54, 1.807) is 11.8 Å². The number of benzene rings is 3. The Morgan fingerprint density at radius 1 is 0.718 bits per heavy atom. The summed E-state index contributed by atoms with van der Waals surface area (Å²) in [6.07, 6.45) is -1.80. The summed E-state index contributed by atoms with van der Waals surface area (Å²) in [6, 6.07) is 30.4. The highest BCUT2D eigenvalue weighted by Crippen LogP contribution is 2.37. The molecule has 0 radical (unpaired) electrons. The van der Waals surface area contributed by atoms with Gasteiger partial charge in [0, 0.05) is 17.7 Å². The molecule has 208 valence electrons. The summed E-state index contributed by atoms with van der Waals surface area (Å²) < 4.78 is 31.6. The fraction of sp³-hybridized carbons (Fsp3) is 0.438. The summed E-state index contributed by atoms with van der Waals surface area (Å²) in [4.78, 5) is 1.16. The fourth-order valence-corrected chi connectivity index (χ4v) is 6.29. The molecule has 8 atom stereocenters. The Balaban J connectivity index is 1.22. The van der Waals surface area contributed by atoms with Crippen molar-refractivity contribution in [2.45, 2.75) is 93.1 Å². The van der Waals surface area contributed by atoms with Crippen LogP contribution >= 0.6 is 11.8 Å². The Hall–Kier alpha value is -2.23. The zero-order valence-corrected chi connectivity index (χ0v) is 23.3. The highest BCUT2D eigenvalue weighted by molar-refractivity contribution is 7.99. The molecule has 6 nitrogen and oxygen atoms in total. The third-order valence-corrected chi connectivity index (χ3v) is 8.29. The summed E-state index contributed by atoms with van der Waals surface area (Å²) in [5, 5.41) is 11.0. The molecule has 0 saturated carbocycles.